The smallest absolute Gasteiger partial charge is 0.744 e. The first-order valence-corrected chi connectivity index (χ1v) is 10.4. The van der Waals surface area contributed by atoms with E-state index in [2.05, 4.69) is 0 Å². The molecule has 0 fully saturated rings. The summed E-state index contributed by atoms with van der Waals surface area (Å²) in [7, 11) is -9.78. The van der Waals surface area contributed by atoms with Crippen LogP contribution in [0.4, 0.5) is 0 Å². The number of aromatic carboxylic acids is 4. The third kappa shape index (κ3) is 8.60. The minimum Gasteiger partial charge on any atom is -0.744 e. The molecule has 14 nitrogen and oxygen atoms in total. The molecule has 0 atom stereocenters. The molecule has 0 aromatic heterocycles. The third-order valence-corrected chi connectivity index (χ3v) is 5.00. The van der Waals surface area contributed by atoms with Gasteiger partial charge >= 0.3 is 40.9 Å². The van der Waals surface area contributed by atoms with Crippen molar-refractivity contribution in [2.45, 2.75) is 9.79 Å². The fourth-order valence-corrected chi connectivity index (χ4v) is 3.07. The SMILES string of the molecule is O=C(O)c1cc(C(=O)O)cc(S(=O)(=O)[O-])c1.O=C(O)c1cc(C(=O)O)cc(S(=O)(=O)[O-])c1.[Mn+2]. The van der Waals surface area contributed by atoms with Crippen LogP contribution in [-0.4, -0.2) is 70.2 Å². The summed E-state index contributed by atoms with van der Waals surface area (Å²) in [6, 6.07) is 3.96. The van der Waals surface area contributed by atoms with E-state index in [9.17, 15) is 45.1 Å². The van der Waals surface area contributed by atoms with Gasteiger partial charge in [0.1, 0.15) is 20.2 Å². The second-order valence-corrected chi connectivity index (χ2v) is 8.38. The van der Waals surface area contributed by atoms with Crippen LogP contribution >= 0.6 is 0 Å². The van der Waals surface area contributed by atoms with Crippen LogP contribution < -0.4 is 0 Å². The summed E-state index contributed by atoms with van der Waals surface area (Å²) >= 11 is 0. The first-order valence-electron chi connectivity index (χ1n) is 7.58. The number of hydrogen-bond donors (Lipinski definition) is 4. The second-order valence-electron chi connectivity index (χ2n) is 5.62. The molecule has 0 aliphatic rings. The molecule has 17 heteroatoms. The molecule has 0 aliphatic carbocycles. The Morgan fingerprint density at radius 2 is 0.697 bits per heavy atom. The third-order valence-electron chi connectivity index (χ3n) is 3.38. The Balaban J connectivity index is 0.000000602. The summed E-state index contributed by atoms with van der Waals surface area (Å²) in [6.45, 7) is 0. The van der Waals surface area contributed by atoms with Crippen molar-refractivity contribution >= 4 is 44.1 Å². The Bertz CT molecular complexity index is 1160. The van der Waals surface area contributed by atoms with Gasteiger partial charge in [-0.1, -0.05) is 0 Å². The maximum absolute atomic E-state index is 10.6. The van der Waals surface area contributed by atoms with Gasteiger partial charge in [-0.15, -0.1) is 0 Å². The van der Waals surface area contributed by atoms with E-state index in [0.717, 1.165) is 12.1 Å². The van der Waals surface area contributed by atoms with Gasteiger partial charge in [-0.3, -0.25) is 0 Å². The fraction of sp³-hybridized carbons (Fsp3) is 0. The number of rotatable bonds is 6. The normalized spacial score (nSPS) is 10.7. The molecule has 2 aromatic carbocycles. The van der Waals surface area contributed by atoms with Gasteiger partial charge in [0, 0.05) is 0 Å². The molecule has 4 N–H and O–H groups in total. The van der Waals surface area contributed by atoms with Gasteiger partial charge in [-0.25, -0.2) is 36.0 Å². The number of benzene rings is 2. The van der Waals surface area contributed by atoms with Crippen LogP contribution in [0.15, 0.2) is 46.2 Å². The van der Waals surface area contributed by atoms with Gasteiger partial charge < -0.3 is 29.5 Å². The average molecular weight is 545 g/mol. The van der Waals surface area contributed by atoms with Crippen molar-refractivity contribution < 1.29 is 82.6 Å². The quantitative estimate of drug-likeness (QED) is 0.274. The van der Waals surface area contributed by atoms with Crippen molar-refractivity contribution in [2.75, 3.05) is 0 Å². The molecule has 0 heterocycles. The topological polar surface area (TPSA) is 264 Å². The molecular formula is C16H10MnO14S2. The molecule has 0 bridgehead atoms. The summed E-state index contributed by atoms with van der Waals surface area (Å²) in [5, 5.41) is 34.4. The van der Waals surface area contributed by atoms with E-state index < -0.39 is 76.2 Å². The minimum atomic E-state index is -4.89. The Morgan fingerprint density at radius 3 is 0.818 bits per heavy atom. The molecule has 1 radical (unpaired) electrons. The summed E-state index contributed by atoms with van der Waals surface area (Å²) in [4.78, 5) is 40.5. The number of hydrogen-bond acceptors (Lipinski definition) is 10. The van der Waals surface area contributed by atoms with E-state index in [1.54, 1.807) is 0 Å². The zero-order valence-corrected chi connectivity index (χ0v) is 18.3. The van der Waals surface area contributed by atoms with Gasteiger partial charge in [0.15, 0.2) is 0 Å². The van der Waals surface area contributed by atoms with Crippen molar-refractivity contribution in [1.29, 1.82) is 0 Å². The molecule has 33 heavy (non-hydrogen) atoms. The minimum absolute atomic E-state index is 0. The fourth-order valence-electron chi connectivity index (χ4n) is 1.98. The number of carboxylic acids is 4. The maximum atomic E-state index is 10.6. The Labute approximate surface area is 195 Å². The van der Waals surface area contributed by atoms with Gasteiger partial charge in [-0.2, -0.15) is 0 Å². The molecule has 0 amide bonds. The molecule has 0 aliphatic heterocycles. The van der Waals surface area contributed by atoms with Crippen LogP contribution in [0.3, 0.4) is 0 Å². The first-order chi connectivity index (χ1) is 14.4. The van der Waals surface area contributed by atoms with E-state index in [1.807, 2.05) is 0 Å². The van der Waals surface area contributed by atoms with Gasteiger partial charge in [0.25, 0.3) is 0 Å². The van der Waals surface area contributed by atoms with Gasteiger partial charge in [0.05, 0.1) is 32.0 Å². The van der Waals surface area contributed by atoms with Crippen molar-refractivity contribution in [3.8, 4) is 0 Å². The molecule has 2 aromatic rings. The Kier molecular flexibility index (Phi) is 9.88. The van der Waals surface area contributed by atoms with Crippen molar-refractivity contribution in [1.82, 2.24) is 0 Å². The maximum Gasteiger partial charge on any atom is 2.00 e. The molecule has 2 rings (SSSR count). The van der Waals surface area contributed by atoms with Crippen LogP contribution in [0.25, 0.3) is 0 Å². The predicted octanol–water partition coefficient (Wildman–Crippen LogP) is -0.0283. The Hall–Kier alpha value is -3.34. The van der Waals surface area contributed by atoms with Crippen LogP contribution in [0.2, 0.25) is 0 Å². The van der Waals surface area contributed by atoms with E-state index in [-0.39, 0.29) is 17.1 Å². The van der Waals surface area contributed by atoms with E-state index in [4.69, 9.17) is 20.4 Å². The van der Waals surface area contributed by atoms with Crippen LogP contribution in [0.5, 0.6) is 0 Å². The van der Waals surface area contributed by atoms with E-state index in [0.29, 0.717) is 24.3 Å². The monoisotopic (exact) mass is 545 g/mol. The summed E-state index contributed by atoms with van der Waals surface area (Å²) in [5.74, 6) is -6.08. The molecule has 177 valence electrons. The van der Waals surface area contributed by atoms with Crippen LogP contribution in [-0.2, 0) is 37.3 Å². The molecule has 0 spiro atoms. The van der Waals surface area contributed by atoms with Crippen LogP contribution in [0.1, 0.15) is 41.4 Å². The molecule has 0 saturated carbocycles. The largest absolute Gasteiger partial charge is 2.00 e. The van der Waals surface area contributed by atoms with E-state index in [1.165, 1.54) is 0 Å². The van der Waals surface area contributed by atoms with Crippen molar-refractivity contribution in [2.24, 2.45) is 0 Å². The molecule has 0 saturated heterocycles. The number of carbonyl (C=O) groups is 4. The molecule has 0 unspecified atom stereocenters. The van der Waals surface area contributed by atoms with Crippen LogP contribution in [0, 0.1) is 0 Å². The number of carboxylic acid groups (broad SMARTS) is 4. The van der Waals surface area contributed by atoms with E-state index >= 15 is 0 Å². The summed E-state index contributed by atoms with van der Waals surface area (Å²) in [5.41, 5.74) is -2.30. The summed E-state index contributed by atoms with van der Waals surface area (Å²) < 4.78 is 63.8. The Morgan fingerprint density at radius 1 is 0.515 bits per heavy atom. The standard InChI is InChI=1S/2C8H6O7S.Mn/c2*9-7(10)4-1-5(8(11)12)3-6(2-4)16(13,14)15;/h2*1-3H,(H,9,10)(H,11,12)(H,13,14,15);/q;;+2/p-2. The van der Waals surface area contributed by atoms with Gasteiger partial charge in [-0.05, 0) is 36.4 Å². The van der Waals surface area contributed by atoms with Crippen molar-refractivity contribution in [3.63, 3.8) is 0 Å². The average Bonchev–Trinajstić information content (AvgIpc) is 2.66. The van der Waals surface area contributed by atoms with Gasteiger partial charge in [0.2, 0.25) is 0 Å². The second kappa shape index (κ2) is 11.0. The zero-order chi connectivity index (χ0) is 25.0. The molecular weight excluding hydrogens is 535 g/mol. The predicted molar refractivity (Wildman–Crippen MR) is 96.6 cm³/mol. The zero-order valence-electron chi connectivity index (χ0n) is 15.5. The van der Waals surface area contributed by atoms with Crippen molar-refractivity contribution in [3.05, 3.63) is 58.7 Å². The first kappa shape index (κ1) is 29.7. The summed E-state index contributed by atoms with van der Waals surface area (Å²) in [6.07, 6.45) is 0.